The topological polar surface area (TPSA) is 12.5 Å². The predicted octanol–water partition coefficient (Wildman–Crippen LogP) is 18.1. The zero-order valence-electron chi connectivity index (χ0n) is 40.6. The average molecular weight is 896 g/mol. The number of para-hydroxylation sites is 2. The van der Waals surface area contributed by atoms with Crippen molar-refractivity contribution < 1.29 is 4.74 Å². The number of ether oxygens (including phenoxy) is 1. The summed E-state index contributed by atoms with van der Waals surface area (Å²) in [6, 6.07) is 80.9. The molecule has 0 amide bonds. The third kappa shape index (κ3) is 8.27. The van der Waals surface area contributed by atoms with Crippen molar-refractivity contribution in [3.63, 3.8) is 0 Å². The monoisotopic (exact) mass is 895 g/mol. The standard InChI is InChI=1S/C67H61NO/c1-6-47(49-21-23-50(24-22-49)52-27-25-51-26-28-53(51)44-52)43-46(2)48-29-38-60(39-30-48)69-61-40-35-56(36-41-61)67(55-33-31-54(32-34-55)66(3,4)5)64-20-14-13-19-62(64)63-42-37-59(45-65(63)67)68(57-15-9-7-10-16-57)58-17-11-8-12-18-58/h7-25,27,29-42,44-47H,6,26,28,43H2,1-5H3. The Morgan fingerprint density at radius 2 is 1.04 bits per heavy atom. The Labute approximate surface area is 409 Å². The van der Waals surface area contributed by atoms with Crippen LogP contribution < -0.4 is 9.64 Å². The molecule has 11 rings (SSSR count). The molecule has 2 nitrogen and oxygen atoms in total. The average Bonchev–Trinajstić information content (AvgIpc) is 3.67. The number of aryl methyl sites for hydroxylation is 2. The lowest BCUT2D eigenvalue weighted by molar-refractivity contribution is 0.481. The molecule has 0 saturated carbocycles. The molecule has 0 fully saturated rings. The Bertz CT molecular complexity index is 3180. The zero-order chi connectivity index (χ0) is 47.1. The van der Waals surface area contributed by atoms with Crippen molar-refractivity contribution in [1.82, 2.24) is 0 Å². The highest BCUT2D eigenvalue weighted by atomic mass is 16.5. The van der Waals surface area contributed by atoms with Crippen LogP contribution in [0.1, 0.15) is 109 Å². The van der Waals surface area contributed by atoms with Gasteiger partial charge in [0, 0.05) is 17.1 Å². The molecule has 340 valence electrons. The number of nitrogens with zero attached hydrogens (tertiary/aromatic N) is 1. The van der Waals surface area contributed by atoms with Crippen LogP contribution in [0.5, 0.6) is 11.5 Å². The minimum Gasteiger partial charge on any atom is -0.457 e. The van der Waals surface area contributed by atoms with Crippen LogP contribution in [0.4, 0.5) is 17.1 Å². The van der Waals surface area contributed by atoms with Crippen LogP contribution in [-0.4, -0.2) is 0 Å². The second-order valence-electron chi connectivity index (χ2n) is 20.4. The van der Waals surface area contributed by atoms with E-state index in [1.54, 1.807) is 0 Å². The van der Waals surface area contributed by atoms with Crippen LogP contribution >= 0.6 is 0 Å². The molecule has 0 spiro atoms. The number of hydrogen-bond donors (Lipinski definition) is 0. The van der Waals surface area contributed by atoms with E-state index in [9.17, 15) is 0 Å². The first kappa shape index (κ1) is 44.1. The van der Waals surface area contributed by atoms with E-state index < -0.39 is 5.41 Å². The molecule has 0 heterocycles. The van der Waals surface area contributed by atoms with E-state index in [4.69, 9.17) is 4.74 Å². The Morgan fingerprint density at radius 1 is 0.493 bits per heavy atom. The van der Waals surface area contributed by atoms with E-state index in [-0.39, 0.29) is 5.41 Å². The second kappa shape index (κ2) is 18.2. The molecule has 2 aliphatic carbocycles. The van der Waals surface area contributed by atoms with Gasteiger partial charge in [0.05, 0.1) is 5.41 Å². The summed E-state index contributed by atoms with van der Waals surface area (Å²) in [7, 11) is 0. The van der Waals surface area contributed by atoms with E-state index in [0.717, 1.165) is 41.4 Å². The number of hydrogen-bond acceptors (Lipinski definition) is 2. The minimum absolute atomic E-state index is 0.0274. The molecule has 0 bridgehead atoms. The van der Waals surface area contributed by atoms with Gasteiger partial charge in [0.1, 0.15) is 11.5 Å². The van der Waals surface area contributed by atoms with Gasteiger partial charge in [-0.1, -0.05) is 192 Å². The SMILES string of the molecule is CCC(CC(C)c1ccc(Oc2ccc(C3(c4ccc(C(C)(C)C)cc4)c4ccccc4-c4ccc(N(c5ccccc5)c5ccccc5)cc43)cc2)cc1)c1ccc(-c2ccc3c(c2)CC3)cc1. The Morgan fingerprint density at radius 3 is 1.64 bits per heavy atom. The molecular weight excluding hydrogens is 835 g/mol. The largest absolute Gasteiger partial charge is 0.457 e. The molecule has 9 aromatic carbocycles. The quantitative estimate of drug-likeness (QED) is 0.114. The van der Waals surface area contributed by atoms with Crippen molar-refractivity contribution in [2.45, 2.75) is 83.0 Å². The lowest BCUT2D eigenvalue weighted by atomic mass is 9.67. The number of benzene rings is 9. The summed E-state index contributed by atoms with van der Waals surface area (Å²) in [5, 5.41) is 0. The van der Waals surface area contributed by atoms with Crippen LogP contribution in [0.25, 0.3) is 22.3 Å². The van der Waals surface area contributed by atoms with Crippen molar-refractivity contribution in [2.24, 2.45) is 0 Å². The summed E-state index contributed by atoms with van der Waals surface area (Å²) in [6.45, 7) is 11.5. The maximum atomic E-state index is 6.64. The van der Waals surface area contributed by atoms with Crippen molar-refractivity contribution in [3.8, 4) is 33.8 Å². The lowest BCUT2D eigenvalue weighted by Gasteiger charge is -2.35. The van der Waals surface area contributed by atoms with Crippen LogP contribution in [0, 0.1) is 0 Å². The van der Waals surface area contributed by atoms with Gasteiger partial charge in [0.25, 0.3) is 0 Å². The van der Waals surface area contributed by atoms with Gasteiger partial charge in [0.2, 0.25) is 0 Å². The van der Waals surface area contributed by atoms with Crippen molar-refractivity contribution in [2.75, 3.05) is 4.90 Å². The third-order valence-electron chi connectivity index (χ3n) is 15.2. The first-order chi connectivity index (χ1) is 33.7. The van der Waals surface area contributed by atoms with Crippen LogP contribution in [0.3, 0.4) is 0 Å². The fraction of sp³-hybridized carbons (Fsp3) is 0.194. The molecule has 0 radical (unpaired) electrons. The van der Waals surface area contributed by atoms with Gasteiger partial charge >= 0.3 is 0 Å². The van der Waals surface area contributed by atoms with E-state index in [1.807, 2.05) is 0 Å². The Kier molecular flexibility index (Phi) is 11.7. The molecule has 3 unspecified atom stereocenters. The van der Waals surface area contributed by atoms with Gasteiger partial charge in [-0.05, 0) is 176 Å². The van der Waals surface area contributed by atoms with Crippen LogP contribution in [0.15, 0.2) is 218 Å². The Balaban J connectivity index is 0.895. The first-order valence-corrected chi connectivity index (χ1v) is 25.0. The van der Waals surface area contributed by atoms with Crippen molar-refractivity contribution in [1.29, 1.82) is 0 Å². The van der Waals surface area contributed by atoms with Gasteiger partial charge in [-0.15, -0.1) is 0 Å². The number of anilines is 3. The normalized spacial score (nSPS) is 15.6. The molecule has 0 aromatic heterocycles. The maximum absolute atomic E-state index is 6.64. The smallest absolute Gasteiger partial charge is 0.127 e. The highest BCUT2D eigenvalue weighted by Crippen LogP contribution is 2.57. The molecule has 0 aliphatic heterocycles. The second-order valence-corrected chi connectivity index (χ2v) is 20.4. The van der Waals surface area contributed by atoms with E-state index in [2.05, 4.69) is 258 Å². The highest BCUT2D eigenvalue weighted by molar-refractivity contribution is 5.89. The van der Waals surface area contributed by atoms with Crippen molar-refractivity contribution in [3.05, 3.63) is 268 Å². The molecular formula is C67H61NO. The summed E-state index contributed by atoms with van der Waals surface area (Å²) >= 11 is 0. The molecule has 0 N–H and O–H groups in total. The summed E-state index contributed by atoms with van der Waals surface area (Å²) in [4.78, 5) is 2.37. The van der Waals surface area contributed by atoms with Crippen LogP contribution in [-0.2, 0) is 23.7 Å². The van der Waals surface area contributed by atoms with E-state index in [1.165, 1.54) is 85.2 Å². The summed E-state index contributed by atoms with van der Waals surface area (Å²) < 4.78 is 6.64. The maximum Gasteiger partial charge on any atom is 0.127 e. The Hall–Kier alpha value is -7.42. The molecule has 2 heteroatoms. The lowest BCUT2D eigenvalue weighted by Crippen LogP contribution is -2.29. The fourth-order valence-electron chi connectivity index (χ4n) is 11.2. The summed E-state index contributed by atoms with van der Waals surface area (Å²) in [6.07, 6.45) is 4.65. The van der Waals surface area contributed by atoms with Gasteiger partial charge in [-0.25, -0.2) is 0 Å². The first-order valence-electron chi connectivity index (χ1n) is 25.0. The van der Waals surface area contributed by atoms with Crippen molar-refractivity contribution >= 4 is 17.1 Å². The summed E-state index contributed by atoms with van der Waals surface area (Å²) in [5.74, 6) is 2.57. The van der Waals surface area contributed by atoms with Gasteiger partial charge in [-0.2, -0.15) is 0 Å². The van der Waals surface area contributed by atoms with E-state index in [0.29, 0.717) is 11.8 Å². The number of fused-ring (bicyclic) bond motifs is 4. The zero-order valence-corrected chi connectivity index (χ0v) is 40.6. The molecule has 2 aliphatic rings. The van der Waals surface area contributed by atoms with Gasteiger partial charge in [0.15, 0.2) is 0 Å². The van der Waals surface area contributed by atoms with Crippen LogP contribution in [0.2, 0.25) is 0 Å². The van der Waals surface area contributed by atoms with E-state index >= 15 is 0 Å². The molecule has 0 saturated heterocycles. The van der Waals surface area contributed by atoms with Gasteiger partial charge < -0.3 is 9.64 Å². The summed E-state index contributed by atoms with van der Waals surface area (Å²) in [5.41, 5.74) is 20.0. The predicted molar refractivity (Wildman–Crippen MR) is 289 cm³/mol. The minimum atomic E-state index is -0.589. The number of rotatable bonds is 13. The third-order valence-corrected chi connectivity index (χ3v) is 15.2. The molecule has 9 aromatic rings. The fourth-order valence-corrected chi connectivity index (χ4v) is 11.2. The molecule has 3 atom stereocenters. The molecule has 69 heavy (non-hydrogen) atoms. The highest BCUT2D eigenvalue weighted by Gasteiger charge is 2.46. The van der Waals surface area contributed by atoms with Gasteiger partial charge in [-0.3, -0.25) is 0 Å².